The first kappa shape index (κ1) is 14.5. The van der Waals surface area contributed by atoms with E-state index in [1.165, 1.54) is 0 Å². The van der Waals surface area contributed by atoms with Crippen molar-refractivity contribution in [1.82, 2.24) is 5.32 Å². The average Bonchev–Trinajstić information content (AvgIpc) is 2.39. The lowest BCUT2D eigenvalue weighted by atomic mass is 10.0. The lowest BCUT2D eigenvalue weighted by Crippen LogP contribution is -2.28. The van der Waals surface area contributed by atoms with Crippen molar-refractivity contribution in [2.75, 3.05) is 6.61 Å². The number of aliphatic hydroxyl groups excluding tert-OH is 1. The van der Waals surface area contributed by atoms with Gasteiger partial charge in [0, 0.05) is 13.0 Å². The Labute approximate surface area is 109 Å². The molecule has 0 bridgehead atoms. The van der Waals surface area contributed by atoms with E-state index in [-0.39, 0.29) is 24.5 Å². The van der Waals surface area contributed by atoms with Crippen molar-refractivity contribution in [2.24, 2.45) is 5.92 Å². The van der Waals surface area contributed by atoms with Crippen LogP contribution in [-0.4, -0.2) is 17.6 Å². The van der Waals surface area contributed by atoms with E-state index in [1.807, 2.05) is 37.3 Å². The standard InChI is InChI=1S/C15H21NO2/c1-3-13(9-10-17)11-15(18)16-12(2)14-7-5-4-6-8-14/h3-8,12-13,17H,1,9-11H2,2H3,(H,16,18)/t12-,13+/m0/s1. The highest BCUT2D eigenvalue weighted by molar-refractivity contribution is 5.76. The number of hydrogen-bond acceptors (Lipinski definition) is 2. The fourth-order valence-corrected chi connectivity index (χ4v) is 1.83. The number of rotatable bonds is 7. The van der Waals surface area contributed by atoms with Gasteiger partial charge in [0.15, 0.2) is 0 Å². The van der Waals surface area contributed by atoms with E-state index >= 15 is 0 Å². The van der Waals surface area contributed by atoms with Gasteiger partial charge < -0.3 is 10.4 Å². The van der Waals surface area contributed by atoms with Crippen molar-refractivity contribution in [3.05, 3.63) is 48.6 Å². The first-order valence-corrected chi connectivity index (χ1v) is 6.25. The van der Waals surface area contributed by atoms with E-state index in [0.29, 0.717) is 12.8 Å². The van der Waals surface area contributed by atoms with Crippen LogP contribution in [0.2, 0.25) is 0 Å². The third-order valence-corrected chi connectivity index (χ3v) is 2.96. The number of nitrogens with one attached hydrogen (secondary N) is 1. The topological polar surface area (TPSA) is 49.3 Å². The molecule has 0 aliphatic heterocycles. The zero-order valence-corrected chi connectivity index (χ0v) is 10.8. The number of amides is 1. The highest BCUT2D eigenvalue weighted by Gasteiger charge is 2.13. The molecule has 0 aliphatic rings. The highest BCUT2D eigenvalue weighted by Crippen LogP contribution is 2.14. The molecule has 1 rings (SSSR count). The summed E-state index contributed by atoms with van der Waals surface area (Å²) >= 11 is 0. The van der Waals surface area contributed by atoms with Crippen molar-refractivity contribution < 1.29 is 9.90 Å². The molecule has 18 heavy (non-hydrogen) atoms. The molecule has 0 heterocycles. The van der Waals surface area contributed by atoms with Crippen molar-refractivity contribution in [3.63, 3.8) is 0 Å². The Kier molecular flexibility index (Phi) is 6.15. The summed E-state index contributed by atoms with van der Waals surface area (Å²) in [6, 6.07) is 9.84. The molecule has 0 spiro atoms. The van der Waals surface area contributed by atoms with Crippen molar-refractivity contribution in [1.29, 1.82) is 0 Å². The molecular weight excluding hydrogens is 226 g/mol. The molecule has 0 aliphatic carbocycles. The largest absolute Gasteiger partial charge is 0.396 e. The lowest BCUT2D eigenvalue weighted by molar-refractivity contribution is -0.122. The summed E-state index contributed by atoms with van der Waals surface area (Å²) in [6.07, 6.45) is 2.68. The molecule has 1 aromatic carbocycles. The van der Waals surface area contributed by atoms with Crippen LogP contribution in [0.25, 0.3) is 0 Å². The fraction of sp³-hybridized carbons (Fsp3) is 0.400. The zero-order chi connectivity index (χ0) is 13.4. The van der Waals surface area contributed by atoms with E-state index < -0.39 is 0 Å². The third kappa shape index (κ3) is 4.72. The van der Waals surface area contributed by atoms with Gasteiger partial charge in [0.2, 0.25) is 5.91 Å². The molecule has 2 N–H and O–H groups in total. The number of hydrogen-bond donors (Lipinski definition) is 2. The number of benzene rings is 1. The average molecular weight is 247 g/mol. The Balaban J connectivity index is 2.47. The predicted molar refractivity (Wildman–Crippen MR) is 73.0 cm³/mol. The van der Waals surface area contributed by atoms with Crippen LogP contribution in [-0.2, 0) is 4.79 Å². The summed E-state index contributed by atoms with van der Waals surface area (Å²) in [5.41, 5.74) is 1.09. The van der Waals surface area contributed by atoms with E-state index in [2.05, 4.69) is 11.9 Å². The molecule has 0 fully saturated rings. The van der Waals surface area contributed by atoms with E-state index in [4.69, 9.17) is 5.11 Å². The second-order valence-electron chi connectivity index (χ2n) is 4.41. The van der Waals surface area contributed by atoms with Crippen LogP contribution < -0.4 is 5.32 Å². The van der Waals surface area contributed by atoms with E-state index in [0.717, 1.165) is 5.56 Å². The van der Waals surface area contributed by atoms with Crippen LogP contribution in [0.4, 0.5) is 0 Å². The van der Waals surface area contributed by atoms with Gasteiger partial charge in [-0.1, -0.05) is 36.4 Å². The summed E-state index contributed by atoms with van der Waals surface area (Å²) < 4.78 is 0. The Hall–Kier alpha value is -1.61. The molecule has 3 heteroatoms. The summed E-state index contributed by atoms with van der Waals surface area (Å²) in [5.74, 6) is 0.0303. The Morgan fingerprint density at radius 3 is 2.67 bits per heavy atom. The van der Waals surface area contributed by atoms with Gasteiger partial charge in [-0.25, -0.2) is 0 Å². The molecule has 0 saturated heterocycles. The summed E-state index contributed by atoms with van der Waals surface area (Å²) in [7, 11) is 0. The second kappa shape index (κ2) is 7.67. The third-order valence-electron chi connectivity index (χ3n) is 2.96. The smallest absolute Gasteiger partial charge is 0.221 e. The quantitative estimate of drug-likeness (QED) is 0.727. The zero-order valence-electron chi connectivity index (χ0n) is 10.8. The molecule has 3 nitrogen and oxygen atoms in total. The molecule has 2 atom stereocenters. The van der Waals surface area contributed by atoms with Gasteiger partial charge in [-0.05, 0) is 24.8 Å². The molecule has 0 unspecified atom stereocenters. The van der Waals surface area contributed by atoms with Crippen LogP contribution in [0.5, 0.6) is 0 Å². The second-order valence-corrected chi connectivity index (χ2v) is 4.41. The molecule has 1 amide bonds. The Morgan fingerprint density at radius 2 is 2.11 bits per heavy atom. The minimum Gasteiger partial charge on any atom is -0.396 e. The van der Waals surface area contributed by atoms with Crippen molar-refractivity contribution in [2.45, 2.75) is 25.8 Å². The number of allylic oxidation sites excluding steroid dienone is 1. The molecule has 0 saturated carbocycles. The van der Waals surface area contributed by atoms with Gasteiger partial charge in [-0.3, -0.25) is 4.79 Å². The monoisotopic (exact) mass is 247 g/mol. The van der Waals surface area contributed by atoms with Gasteiger partial charge in [0.1, 0.15) is 0 Å². The highest BCUT2D eigenvalue weighted by atomic mass is 16.3. The Morgan fingerprint density at radius 1 is 1.44 bits per heavy atom. The molecule has 0 aromatic heterocycles. The van der Waals surface area contributed by atoms with Gasteiger partial charge in [-0.15, -0.1) is 6.58 Å². The molecule has 98 valence electrons. The van der Waals surface area contributed by atoms with Crippen LogP contribution in [0, 0.1) is 5.92 Å². The van der Waals surface area contributed by atoms with Gasteiger partial charge in [0.25, 0.3) is 0 Å². The maximum atomic E-state index is 11.8. The molecule has 0 radical (unpaired) electrons. The summed E-state index contributed by atoms with van der Waals surface area (Å²) in [5, 5.41) is 11.8. The normalized spacial score (nSPS) is 13.7. The Bertz CT molecular complexity index is 375. The van der Waals surface area contributed by atoms with Gasteiger partial charge in [0.05, 0.1) is 6.04 Å². The van der Waals surface area contributed by atoms with Crippen LogP contribution in [0.3, 0.4) is 0 Å². The molecule has 1 aromatic rings. The van der Waals surface area contributed by atoms with Crippen molar-refractivity contribution >= 4 is 5.91 Å². The van der Waals surface area contributed by atoms with Crippen LogP contribution in [0.1, 0.15) is 31.4 Å². The van der Waals surface area contributed by atoms with Gasteiger partial charge >= 0.3 is 0 Å². The van der Waals surface area contributed by atoms with Crippen LogP contribution in [0.15, 0.2) is 43.0 Å². The van der Waals surface area contributed by atoms with Crippen molar-refractivity contribution in [3.8, 4) is 0 Å². The maximum absolute atomic E-state index is 11.8. The summed E-state index contributed by atoms with van der Waals surface area (Å²) in [6.45, 7) is 5.72. The lowest BCUT2D eigenvalue weighted by Gasteiger charge is -2.16. The predicted octanol–water partition coefficient (Wildman–Crippen LogP) is 2.44. The number of carbonyl (C=O) groups is 1. The number of carbonyl (C=O) groups excluding carboxylic acids is 1. The first-order valence-electron chi connectivity index (χ1n) is 6.25. The minimum absolute atomic E-state index is 0.00158. The first-order chi connectivity index (χ1) is 8.67. The van der Waals surface area contributed by atoms with Gasteiger partial charge in [-0.2, -0.15) is 0 Å². The number of aliphatic hydroxyl groups is 1. The summed E-state index contributed by atoms with van der Waals surface area (Å²) in [4.78, 5) is 11.8. The van der Waals surface area contributed by atoms with Crippen LogP contribution >= 0.6 is 0 Å². The SMILES string of the molecule is C=C[C@H](CCO)CC(=O)N[C@@H](C)c1ccccc1. The molecular formula is C15H21NO2. The maximum Gasteiger partial charge on any atom is 0.221 e. The fourth-order valence-electron chi connectivity index (χ4n) is 1.83. The minimum atomic E-state index is -0.00953. The van der Waals surface area contributed by atoms with E-state index in [9.17, 15) is 4.79 Å². The van der Waals surface area contributed by atoms with E-state index in [1.54, 1.807) is 6.08 Å².